The average Bonchev–Trinajstić information content (AvgIpc) is 3.32. The van der Waals surface area contributed by atoms with E-state index in [-0.39, 0.29) is 12.5 Å². The van der Waals surface area contributed by atoms with Gasteiger partial charge in [0, 0.05) is 23.5 Å². The van der Waals surface area contributed by atoms with Crippen molar-refractivity contribution >= 4 is 17.4 Å². The highest BCUT2D eigenvalue weighted by atomic mass is 16.5. The predicted octanol–water partition coefficient (Wildman–Crippen LogP) is 4.42. The first-order valence-corrected chi connectivity index (χ1v) is 10.3. The first-order chi connectivity index (χ1) is 15.1. The zero-order valence-corrected chi connectivity index (χ0v) is 17.9. The van der Waals surface area contributed by atoms with Crippen LogP contribution in [0.15, 0.2) is 47.4 Å². The molecule has 8 heteroatoms. The Morgan fingerprint density at radius 1 is 1.19 bits per heavy atom. The van der Waals surface area contributed by atoms with Gasteiger partial charge in [-0.1, -0.05) is 42.8 Å². The van der Waals surface area contributed by atoms with Crippen molar-refractivity contribution in [3.63, 3.8) is 0 Å². The molecule has 0 amide bonds. The molecule has 160 valence electrons. The number of nitrogens with one attached hydrogen (secondary N) is 1. The second-order valence-corrected chi connectivity index (χ2v) is 7.32. The highest BCUT2D eigenvalue weighted by Crippen LogP contribution is 2.32. The summed E-state index contributed by atoms with van der Waals surface area (Å²) in [6.45, 7) is 6.38. The molecule has 0 aliphatic heterocycles. The average molecular weight is 419 g/mol. The number of aryl methyl sites for hydroxylation is 2. The standard InChI is InChI=1S/C23H25N5O3/c1-4-5-12-30-20(29)14-25-23-22(26-19-13-24-10-11-28(19)23)18-8-6-17(7-9-18)21-15(2)27-31-16(21)3/h6-11,13,25H,4-5,12,14H2,1-3H3. The number of anilines is 1. The smallest absolute Gasteiger partial charge is 0.325 e. The molecule has 3 heterocycles. The molecule has 8 nitrogen and oxygen atoms in total. The van der Waals surface area contributed by atoms with Gasteiger partial charge in [0.15, 0.2) is 5.65 Å². The van der Waals surface area contributed by atoms with Gasteiger partial charge in [-0.15, -0.1) is 0 Å². The molecule has 0 aliphatic carbocycles. The summed E-state index contributed by atoms with van der Waals surface area (Å²) in [5, 5.41) is 7.23. The van der Waals surface area contributed by atoms with Crippen molar-refractivity contribution in [2.75, 3.05) is 18.5 Å². The summed E-state index contributed by atoms with van der Waals surface area (Å²) in [6.07, 6.45) is 7.02. The molecule has 0 fully saturated rings. The first-order valence-electron chi connectivity index (χ1n) is 10.3. The van der Waals surface area contributed by atoms with Gasteiger partial charge >= 0.3 is 5.97 Å². The Bertz CT molecular complexity index is 1170. The van der Waals surface area contributed by atoms with Gasteiger partial charge < -0.3 is 14.6 Å². The monoisotopic (exact) mass is 419 g/mol. The lowest BCUT2D eigenvalue weighted by Gasteiger charge is -2.09. The Balaban J connectivity index is 1.63. The maximum Gasteiger partial charge on any atom is 0.325 e. The third kappa shape index (κ3) is 4.28. The third-order valence-corrected chi connectivity index (χ3v) is 5.07. The fraction of sp³-hybridized carbons (Fsp3) is 0.304. The molecule has 0 unspecified atom stereocenters. The van der Waals surface area contributed by atoms with E-state index in [4.69, 9.17) is 14.2 Å². The van der Waals surface area contributed by atoms with E-state index < -0.39 is 0 Å². The van der Waals surface area contributed by atoms with E-state index in [2.05, 4.69) is 22.4 Å². The van der Waals surface area contributed by atoms with Crippen molar-refractivity contribution in [1.29, 1.82) is 0 Å². The summed E-state index contributed by atoms with van der Waals surface area (Å²) in [7, 11) is 0. The van der Waals surface area contributed by atoms with E-state index in [0.717, 1.165) is 52.5 Å². The van der Waals surface area contributed by atoms with Crippen LogP contribution in [0.25, 0.3) is 28.0 Å². The minimum Gasteiger partial charge on any atom is -0.464 e. The number of carbonyl (C=O) groups excluding carboxylic acids is 1. The molecule has 0 saturated carbocycles. The number of imidazole rings is 1. The van der Waals surface area contributed by atoms with Gasteiger partial charge in [-0.3, -0.25) is 14.2 Å². The van der Waals surface area contributed by atoms with Gasteiger partial charge in [0.25, 0.3) is 0 Å². The fourth-order valence-corrected chi connectivity index (χ4v) is 3.50. The van der Waals surface area contributed by atoms with Crippen molar-refractivity contribution in [2.45, 2.75) is 33.6 Å². The Kier molecular flexibility index (Phi) is 5.97. The largest absolute Gasteiger partial charge is 0.464 e. The highest BCUT2D eigenvalue weighted by molar-refractivity contribution is 5.81. The lowest BCUT2D eigenvalue weighted by Crippen LogP contribution is -2.18. The molecule has 3 aromatic heterocycles. The van der Waals surface area contributed by atoms with Crippen LogP contribution in [-0.2, 0) is 9.53 Å². The number of aromatic nitrogens is 4. The number of carbonyl (C=O) groups is 1. The number of esters is 1. The van der Waals surface area contributed by atoms with Gasteiger partial charge in [-0.2, -0.15) is 0 Å². The van der Waals surface area contributed by atoms with Crippen molar-refractivity contribution < 1.29 is 14.1 Å². The summed E-state index contributed by atoms with van der Waals surface area (Å²) >= 11 is 0. The van der Waals surface area contributed by atoms with Crippen LogP contribution in [0.5, 0.6) is 0 Å². The van der Waals surface area contributed by atoms with Gasteiger partial charge in [0.05, 0.1) is 18.5 Å². The number of fused-ring (bicyclic) bond motifs is 1. The number of hydrogen-bond acceptors (Lipinski definition) is 7. The van der Waals surface area contributed by atoms with Crippen LogP contribution in [0.1, 0.15) is 31.2 Å². The molecule has 31 heavy (non-hydrogen) atoms. The number of benzene rings is 1. The van der Waals surface area contributed by atoms with Crippen molar-refractivity contribution in [3.05, 3.63) is 54.3 Å². The Morgan fingerprint density at radius 3 is 2.68 bits per heavy atom. The van der Waals surface area contributed by atoms with E-state index >= 15 is 0 Å². The van der Waals surface area contributed by atoms with Gasteiger partial charge in [-0.25, -0.2) is 4.98 Å². The molecule has 0 atom stereocenters. The van der Waals surface area contributed by atoms with Crippen LogP contribution in [0, 0.1) is 13.8 Å². The van der Waals surface area contributed by atoms with E-state index in [0.29, 0.717) is 12.3 Å². The number of nitrogens with zero attached hydrogens (tertiary/aromatic N) is 4. The molecule has 0 spiro atoms. The quantitative estimate of drug-likeness (QED) is 0.334. The molecular weight excluding hydrogens is 394 g/mol. The summed E-state index contributed by atoms with van der Waals surface area (Å²) in [4.78, 5) is 21.0. The zero-order valence-electron chi connectivity index (χ0n) is 17.9. The molecule has 0 aliphatic rings. The van der Waals surface area contributed by atoms with Crippen molar-refractivity contribution in [2.24, 2.45) is 0 Å². The SMILES string of the molecule is CCCCOC(=O)CNc1c(-c2ccc(-c3c(C)noc3C)cc2)nc2cnccn12. The Labute approximate surface area is 180 Å². The van der Waals surface area contributed by atoms with E-state index in [1.165, 1.54) is 0 Å². The minimum atomic E-state index is -0.294. The van der Waals surface area contributed by atoms with Crippen LogP contribution in [0.3, 0.4) is 0 Å². The molecule has 4 rings (SSSR count). The zero-order chi connectivity index (χ0) is 21.8. The van der Waals surface area contributed by atoms with Crippen LogP contribution < -0.4 is 5.32 Å². The second kappa shape index (κ2) is 8.99. The Hall–Kier alpha value is -3.68. The van der Waals surface area contributed by atoms with Gasteiger partial charge in [0.1, 0.15) is 23.8 Å². The lowest BCUT2D eigenvalue weighted by atomic mass is 10.0. The first kappa shape index (κ1) is 20.6. The molecule has 4 aromatic rings. The maximum absolute atomic E-state index is 12.1. The molecule has 0 radical (unpaired) electrons. The predicted molar refractivity (Wildman–Crippen MR) is 118 cm³/mol. The second-order valence-electron chi connectivity index (χ2n) is 7.32. The molecule has 0 bridgehead atoms. The number of unbranched alkanes of at least 4 members (excludes halogenated alkanes) is 1. The van der Waals surface area contributed by atoms with Crippen LogP contribution in [-0.4, -0.2) is 38.6 Å². The topological polar surface area (TPSA) is 94.5 Å². The van der Waals surface area contributed by atoms with Crippen molar-refractivity contribution in [3.8, 4) is 22.4 Å². The number of hydrogen-bond donors (Lipinski definition) is 1. The normalized spacial score (nSPS) is 11.1. The van der Waals surface area contributed by atoms with Crippen LogP contribution >= 0.6 is 0 Å². The summed E-state index contributed by atoms with van der Waals surface area (Å²) in [6, 6.07) is 8.04. The fourth-order valence-electron chi connectivity index (χ4n) is 3.50. The molecule has 0 saturated heterocycles. The number of rotatable bonds is 8. The van der Waals surface area contributed by atoms with Crippen LogP contribution in [0.2, 0.25) is 0 Å². The third-order valence-electron chi connectivity index (χ3n) is 5.07. The Morgan fingerprint density at radius 2 is 1.97 bits per heavy atom. The molecule has 1 N–H and O–H groups in total. The molecular formula is C23H25N5O3. The van der Waals surface area contributed by atoms with Crippen molar-refractivity contribution in [1.82, 2.24) is 19.5 Å². The number of ether oxygens (including phenoxy) is 1. The van der Waals surface area contributed by atoms with Gasteiger partial charge in [0.2, 0.25) is 0 Å². The highest BCUT2D eigenvalue weighted by Gasteiger charge is 2.17. The summed E-state index contributed by atoms with van der Waals surface area (Å²) < 4.78 is 12.4. The van der Waals surface area contributed by atoms with E-state index in [1.807, 2.05) is 48.7 Å². The molecule has 1 aromatic carbocycles. The maximum atomic E-state index is 12.1. The summed E-state index contributed by atoms with van der Waals surface area (Å²) in [5.41, 5.74) is 5.22. The van der Waals surface area contributed by atoms with E-state index in [9.17, 15) is 4.79 Å². The van der Waals surface area contributed by atoms with E-state index in [1.54, 1.807) is 12.4 Å². The summed E-state index contributed by atoms with van der Waals surface area (Å²) in [5.74, 6) is 1.21. The minimum absolute atomic E-state index is 0.0595. The van der Waals surface area contributed by atoms with Gasteiger partial charge in [-0.05, 0) is 25.8 Å². The lowest BCUT2D eigenvalue weighted by molar-refractivity contribution is -0.141. The van der Waals surface area contributed by atoms with Crippen LogP contribution in [0.4, 0.5) is 5.82 Å².